The highest BCUT2D eigenvalue weighted by atomic mass is 14.8. The molecular weight excluding hydrogens is 172 g/mol. The van der Waals surface area contributed by atoms with Crippen molar-refractivity contribution in [3.05, 3.63) is 36.0 Å². The van der Waals surface area contributed by atoms with Gasteiger partial charge < -0.3 is 5.32 Å². The van der Waals surface area contributed by atoms with E-state index in [2.05, 4.69) is 35.4 Å². The lowest BCUT2D eigenvalue weighted by Crippen LogP contribution is -1.91. The van der Waals surface area contributed by atoms with Crippen LogP contribution in [-0.2, 0) is 6.42 Å². The van der Waals surface area contributed by atoms with E-state index in [1.807, 2.05) is 19.3 Å². The molecule has 2 heteroatoms. The summed E-state index contributed by atoms with van der Waals surface area (Å²) in [5, 5.41) is 4.35. The van der Waals surface area contributed by atoms with Crippen molar-refractivity contribution in [1.29, 1.82) is 0 Å². The molecule has 14 heavy (non-hydrogen) atoms. The van der Waals surface area contributed by atoms with Crippen LogP contribution < -0.4 is 5.32 Å². The van der Waals surface area contributed by atoms with Crippen molar-refractivity contribution in [2.45, 2.75) is 13.3 Å². The maximum atomic E-state index is 4.36. The van der Waals surface area contributed by atoms with E-state index in [0.29, 0.717) is 0 Å². The van der Waals surface area contributed by atoms with Gasteiger partial charge in [-0.3, -0.25) is 4.98 Å². The molecule has 0 saturated carbocycles. The summed E-state index contributed by atoms with van der Waals surface area (Å²) in [6, 6.07) is 8.43. The minimum absolute atomic E-state index is 1.06. The summed E-state index contributed by atoms with van der Waals surface area (Å²) in [5.74, 6) is 0. The standard InChI is InChI=1S/C12H14N2/c1-3-9-4-5-10-11(13-2)6-7-14-12(10)8-9/h4-8H,3H2,1-2H3,(H,13,14). The monoisotopic (exact) mass is 186 g/mol. The van der Waals surface area contributed by atoms with Crippen molar-refractivity contribution in [2.75, 3.05) is 12.4 Å². The molecule has 72 valence electrons. The summed E-state index contributed by atoms with van der Waals surface area (Å²) in [6.07, 6.45) is 2.90. The molecule has 0 atom stereocenters. The van der Waals surface area contributed by atoms with Gasteiger partial charge in [0.1, 0.15) is 0 Å². The smallest absolute Gasteiger partial charge is 0.0725 e. The van der Waals surface area contributed by atoms with Crippen molar-refractivity contribution < 1.29 is 0 Å². The van der Waals surface area contributed by atoms with Crippen LogP contribution in [0, 0.1) is 0 Å². The minimum atomic E-state index is 1.06. The molecule has 2 rings (SSSR count). The Bertz CT molecular complexity index is 449. The second kappa shape index (κ2) is 3.66. The molecule has 1 heterocycles. The molecule has 1 aromatic heterocycles. The fraction of sp³-hybridized carbons (Fsp3) is 0.250. The van der Waals surface area contributed by atoms with E-state index in [0.717, 1.165) is 17.6 Å². The van der Waals surface area contributed by atoms with Crippen LogP contribution in [0.3, 0.4) is 0 Å². The Hall–Kier alpha value is -1.57. The van der Waals surface area contributed by atoms with Crippen molar-refractivity contribution in [3.8, 4) is 0 Å². The molecule has 0 fully saturated rings. The van der Waals surface area contributed by atoms with Gasteiger partial charge in [-0.2, -0.15) is 0 Å². The summed E-state index contributed by atoms with van der Waals surface area (Å²) in [5.41, 5.74) is 3.53. The lowest BCUT2D eigenvalue weighted by Gasteiger charge is -2.05. The first-order chi connectivity index (χ1) is 6.85. The zero-order chi connectivity index (χ0) is 9.97. The number of fused-ring (bicyclic) bond motifs is 1. The quantitative estimate of drug-likeness (QED) is 0.780. The van der Waals surface area contributed by atoms with Crippen LogP contribution in [-0.4, -0.2) is 12.0 Å². The molecule has 0 unspecified atom stereocenters. The summed E-state index contributed by atoms with van der Waals surface area (Å²) >= 11 is 0. The first kappa shape index (κ1) is 9.00. The van der Waals surface area contributed by atoms with Gasteiger partial charge in [0, 0.05) is 24.3 Å². The van der Waals surface area contributed by atoms with Gasteiger partial charge in [-0.25, -0.2) is 0 Å². The second-order valence-electron chi connectivity index (χ2n) is 3.31. The first-order valence-corrected chi connectivity index (χ1v) is 4.90. The first-order valence-electron chi connectivity index (χ1n) is 4.90. The van der Waals surface area contributed by atoms with E-state index >= 15 is 0 Å². The predicted octanol–water partition coefficient (Wildman–Crippen LogP) is 2.84. The Morgan fingerprint density at radius 1 is 1.29 bits per heavy atom. The van der Waals surface area contributed by atoms with Crippen LogP contribution in [0.25, 0.3) is 10.9 Å². The Balaban J connectivity index is 2.67. The zero-order valence-corrected chi connectivity index (χ0v) is 8.54. The fourth-order valence-corrected chi connectivity index (χ4v) is 1.63. The van der Waals surface area contributed by atoms with Crippen molar-refractivity contribution in [1.82, 2.24) is 4.98 Å². The molecule has 2 nitrogen and oxygen atoms in total. The molecule has 2 aromatic rings. The molecule has 0 saturated heterocycles. The van der Waals surface area contributed by atoms with E-state index in [1.54, 1.807) is 0 Å². The van der Waals surface area contributed by atoms with Gasteiger partial charge in [-0.05, 0) is 24.1 Å². The van der Waals surface area contributed by atoms with Crippen LogP contribution in [0.4, 0.5) is 5.69 Å². The maximum absolute atomic E-state index is 4.36. The average Bonchev–Trinajstić information content (AvgIpc) is 2.27. The van der Waals surface area contributed by atoms with E-state index in [-0.39, 0.29) is 0 Å². The van der Waals surface area contributed by atoms with Crippen molar-refractivity contribution >= 4 is 16.6 Å². The van der Waals surface area contributed by atoms with Gasteiger partial charge in [0.2, 0.25) is 0 Å². The number of hydrogen-bond acceptors (Lipinski definition) is 2. The molecule has 0 aliphatic carbocycles. The molecule has 1 N–H and O–H groups in total. The van der Waals surface area contributed by atoms with Crippen LogP contribution >= 0.6 is 0 Å². The lowest BCUT2D eigenvalue weighted by atomic mass is 10.1. The Morgan fingerprint density at radius 2 is 2.14 bits per heavy atom. The SMILES string of the molecule is CCc1ccc2c(NC)ccnc2c1. The highest BCUT2D eigenvalue weighted by molar-refractivity contribution is 5.91. The van der Waals surface area contributed by atoms with Gasteiger partial charge in [-0.15, -0.1) is 0 Å². The Morgan fingerprint density at radius 3 is 2.86 bits per heavy atom. The topological polar surface area (TPSA) is 24.9 Å². The summed E-state index contributed by atoms with van der Waals surface area (Å²) < 4.78 is 0. The van der Waals surface area contributed by atoms with Gasteiger partial charge in [-0.1, -0.05) is 19.1 Å². The predicted molar refractivity (Wildman–Crippen MR) is 60.7 cm³/mol. The third-order valence-electron chi connectivity index (χ3n) is 2.48. The summed E-state index contributed by atoms with van der Waals surface area (Å²) in [4.78, 5) is 4.36. The molecule has 0 aliphatic rings. The third kappa shape index (κ3) is 1.43. The number of hydrogen-bond donors (Lipinski definition) is 1. The van der Waals surface area contributed by atoms with Crippen molar-refractivity contribution in [2.24, 2.45) is 0 Å². The Kier molecular flexibility index (Phi) is 2.35. The maximum Gasteiger partial charge on any atom is 0.0725 e. The molecule has 0 aliphatic heterocycles. The number of aryl methyl sites for hydroxylation is 1. The van der Waals surface area contributed by atoms with Gasteiger partial charge in [0.25, 0.3) is 0 Å². The largest absolute Gasteiger partial charge is 0.388 e. The van der Waals surface area contributed by atoms with Gasteiger partial charge >= 0.3 is 0 Å². The van der Waals surface area contributed by atoms with Gasteiger partial charge in [0.15, 0.2) is 0 Å². The number of benzene rings is 1. The fourth-order valence-electron chi connectivity index (χ4n) is 1.63. The zero-order valence-electron chi connectivity index (χ0n) is 8.54. The molecule has 0 bridgehead atoms. The number of aromatic nitrogens is 1. The minimum Gasteiger partial charge on any atom is -0.388 e. The number of nitrogens with one attached hydrogen (secondary N) is 1. The lowest BCUT2D eigenvalue weighted by molar-refractivity contribution is 1.14. The second-order valence-corrected chi connectivity index (χ2v) is 3.31. The van der Waals surface area contributed by atoms with Crippen LogP contribution in [0.15, 0.2) is 30.5 Å². The molecule has 0 amide bonds. The molecule has 0 radical (unpaired) electrons. The number of nitrogens with zero attached hydrogens (tertiary/aromatic N) is 1. The van der Waals surface area contributed by atoms with E-state index < -0.39 is 0 Å². The third-order valence-corrected chi connectivity index (χ3v) is 2.48. The molecule has 0 spiro atoms. The van der Waals surface area contributed by atoms with Crippen LogP contribution in [0.5, 0.6) is 0 Å². The van der Waals surface area contributed by atoms with Gasteiger partial charge in [0.05, 0.1) is 5.52 Å². The number of anilines is 1. The van der Waals surface area contributed by atoms with Crippen molar-refractivity contribution in [3.63, 3.8) is 0 Å². The van der Waals surface area contributed by atoms with E-state index in [4.69, 9.17) is 0 Å². The van der Waals surface area contributed by atoms with E-state index in [1.165, 1.54) is 10.9 Å². The highest BCUT2D eigenvalue weighted by Crippen LogP contribution is 2.21. The summed E-state index contributed by atoms with van der Waals surface area (Å²) in [7, 11) is 1.93. The van der Waals surface area contributed by atoms with E-state index in [9.17, 15) is 0 Å². The normalized spacial score (nSPS) is 10.4. The van der Waals surface area contributed by atoms with Crippen LogP contribution in [0.2, 0.25) is 0 Å². The highest BCUT2D eigenvalue weighted by Gasteiger charge is 2.00. The summed E-state index contributed by atoms with van der Waals surface area (Å²) in [6.45, 7) is 2.16. The average molecular weight is 186 g/mol. The number of pyridine rings is 1. The molecule has 1 aromatic carbocycles. The Labute approximate surface area is 84.0 Å². The van der Waals surface area contributed by atoms with Crippen LogP contribution in [0.1, 0.15) is 12.5 Å². The molecular formula is C12H14N2. The number of rotatable bonds is 2.